The molecule has 1 aliphatic rings. The van der Waals surface area contributed by atoms with Gasteiger partial charge in [-0.1, -0.05) is 24.3 Å². The highest BCUT2D eigenvalue weighted by Crippen LogP contribution is 2.36. The number of amides is 2. The zero-order chi connectivity index (χ0) is 18.4. The van der Waals surface area contributed by atoms with Gasteiger partial charge < -0.3 is 5.11 Å². The second-order valence-electron chi connectivity index (χ2n) is 5.77. The van der Waals surface area contributed by atoms with Gasteiger partial charge in [0.2, 0.25) is 0 Å². The molecule has 4 nitrogen and oxygen atoms in total. The largest absolute Gasteiger partial charge is 0.390 e. The average molecular weight is 349 g/mol. The maximum atomic E-state index is 14.6. The highest BCUT2D eigenvalue weighted by atomic mass is 19.3. The van der Waals surface area contributed by atoms with Crippen molar-refractivity contribution >= 4 is 11.8 Å². The van der Waals surface area contributed by atoms with Gasteiger partial charge in [0, 0.05) is 5.56 Å². The lowest BCUT2D eigenvalue weighted by molar-refractivity contribution is -0.0584. The van der Waals surface area contributed by atoms with Crippen LogP contribution < -0.4 is 0 Å². The van der Waals surface area contributed by atoms with Gasteiger partial charge in [-0.25, -0.2) is 4.39 Å². The van der Waals surface area contributed by atoms with Crippen LogP contribution in [0.5, 0.6) is 0 Å². The van der Waals surface area contributed by atoms with Crippen molar-refractivity contribution in [1.82, 2.24) is 4.90 Å². The van der Waals surface area contributed by atoms with Crippen LogP contribution in [0.3, 0.4) is 0 Å². The number of aliphatic hydroxyl groups is 1. The fourth-order valence-corrected chi connectivity index (χ4v) is 2.94. The van der Waals surface area contributed by atoms with E-state index in [0.717, 1.165) is 11.0 Å². The number of carbonyl (C=O) groups is 2. The Kier molecular flexibility index (Phi) is 4.12. The van der Waals surface area contributed by atoms with Gasteiger partial charge in [-0.2, -0.15) is 8.78 Å². The minimum Gasteiger partial charge on any atom is -0.390 e. The van der Waals surface area contributed by atoms with Gasteiger partial charge in [-0.05, 0) is 25.1 Å². The fourth-order valence-electron chi connectivity index (χ4n) is 2.94. The number of aliphatic hydroxyl groups excluding tert-OH is 1. The zero-order valence-electron chi connectivity index (χ0n) is 13.2. The Morgan fingerprint density at radius 1 is 1.04 bits per heavy atom. The summed E-state index contributed by atoms with van der Waals surface area (Å²) in [5, 5.41) is 8.78. The van der Waals surface area contributed by atoms with Crippen LogP contribution >= 0.6 is 0 Å². The number of hydrogen-bond donors (Lipinski definition) is 1. The molecule has 0 aromatic heterocycles. The van der Waals surface area contributed by atoms with E-state index in [1.54, 1.807) is 12.1 Å². The van der Waals surface area contributed by atoms with E-state index in [1.807, 2.05) is 0 Å². The molecule has 0 unspecified atom stereocenters. The molecule has 1 aliphatic heterocycles. The van der Waals surface area contributed by atoms with Crippen LogP contribution in [-0.2, 0) is 5.92 Å². The Morgan fingerprint density at radius 2 is 1.60 bits per heavy atom. The molecule has 3 rings (SSSR count). The molecule has 1 N–H and O–H groups in total. The van der Waals surface area contributed by atoms with Crippen molar-refractivity contribution in [2.75, 3.05) is 6.61 Å². The van der Waals surface area contributed by atoms with Crippen LogP contribution in [0.25, 0.3) is 0 Å². The summed E-state index contributed by atoms with van der Waals surface area (Å²) >= 11 is 0. The van der Waals surface area contributed by atoms with Crippen LogP contribution in [0.1, 0.15) is 44.8 Å². The van der Waals surface area contributed by atoms with E-state index in [2.05, 4.69) is 0 Å². The molecule has 0 saturated carbocycles. The summed E-state index contributed by atoms with van der Waals surface area (Å²) in [6.07, 6.45) is 0. The van der Waals surface area contributed by atoms with Crippen LogP contribution in [0, 0.1) is 5.82 Å². The van der Waals surface area contributed by atoms with Crippen molar-refractivity contribution in [3.8, 4) is 0 Å². The molecule has 0 fully saturated rings. The average Bonchev–Trinajstić information content (AvgIpc) is 2.86. The molecule has 0 radical (unpaired) electrons. The van der Waals surface area contributed by atoms with E-state index < -0.39 is 41.8 Å². The summed E-state index contributed by atoms with van der Waals surface area (Å²) in [7, 11) is 0. The molecular formula is C18H14F3NO3. The van der Waals surface area contributed by atoms with E-state index in [9.17, 15) is 22.8 Å². The Balaban J connectivity index is 2.03. The molecule has 0 bridgehead atoms. The lowest BCUT2D eigenvalue weighted by atomic mass is 9.99. The number of fused-ring (bicyclic) bond motifs is 1. The predicted molar refractivity (Wildman–Crippen MR) is 82.7 cm³/mol. The topological polar surface area (TPSA) is 57.6 Å². The van der Waals surface area contributed by atoms with Gasteiger partial charge in [0.25, 0.3) is 17.7 Å². The quantitative estimate of drug-likeness (QED) is 0.862. The number of rotatable bonds is 4. The molecular weight excluding hydrogens is 335 g/mol. The summed E-state index contributed by atoms with van der Waals surface area (Å²) < 4.78 is 42.0. The molecule has 7 heteroatoms. The first-order chi connectivity index (χ1) is 11.8. The van der Waals surface area contributed by atoms with E-state index in [-0.39, 0.29) is 16.7 Å². The van der Waals surface area contributed by atoms with Crippen LogP contribution in [0.15, 0.2) is 42.5 Å². The van der Waals surface area contributed by atoms with Gasteiger partial charge in [0.15, 0.2) is 0 Å². The monoisotopic (exact) mass is 349 g/mol. The van der Waals surface area contributed by atoms with E-state index >= 15 is 0 Å². The molecule has 25 heavy (non-hydrogen) atoms. The van der Waals surface area contributed by atoms with Gasteiger partial charge in [0.05, 0.1) is 22.7 Å². The lowest BCUT2D eigenvalue weighted by Gasteiger charge is -2.25. The van der Waals surface area contributed by atoms with Crippen LogP contribution in [0.2, 0.25) is 0 Å². The number of imide groups is 1. The highest BCUT2D eigenvalue weighted by molar-refractivity contribution is 6.21. The van der Waals surface area contributed by atoms with Gasteiger partial charge in [0.1, 0.15) is 12.4 Å². The van der Waals surface area contributed by atoms with Crippen LogP contribution in [0.4, 0.5) is 13.2 Å². The third-order valence-electron chi connectivity index (χ3n) is 4.28. The van der Waals surface area contributed by atoms with Crippen molar-refractivity contribution in [3.63, 3.8) is 0 Å². The maximum Gasteiger partial charge on any atom is 0.298 e. The van der Waals surface area contributed by atoms with Crippen LogP contribution in [-0.4, -0.2) is 28.4 Å². The minimum absolute atomic E-state index is 0.191. The molecule has 1 atom stereocenters. The third-order valence-corrected chi connectivity index (χ3v) is 4.28. The SMILES string of the molecule is C[C@H](c1cccc(C(F)(F)CO)c1F)N1C(=O)c2ccccc2C1=O. The number of carbonyl (C=O) groups excluding carboxylic acids is 2. The Hall–Kier alpha value is -2.67. The molecule has 2 aromatic carbocycles. The van der Waals surface area contributed by atoms with E-state index in [0.29, 0.717) is 0 Å². The minimum atomic E-state index is -3.76. The number of halogens is 3. The van der Waals surface area contributed by atoms with Gasteiger partial charge >= 0.3 is 0 Å². The Morgan fingerprint density at radius 3 is 2.12 bits per heavy atom. The number of alkyl halides is 2. The van der Waals surface area contributed by atoms with Gasteiger partial charge in [-0.15, -0.1) is 0 Å². The lowest BCUT2D eigenvalue weighted by Crippen LogP contribution is -2.33. The Labute approximate surface area is 141 Å². The molecule has 0 aliphatic carbocycles. The summed E-state index contributed by atoms with van der Waals surface area (Å²) in [4.78, 5) is 25.8. The number of nitrogens with zero attached hydrogens (tertiary/aromatic N) is 1. The molecule has 1 heterocycles. The van der Waals surface area contributed by atoms with Crippen molar-refractivity contribution in [2.24, 2.45) is 0 Å². The molecule has 0 saturated heterocycles. The second-order valence-corrected chi connectivity index (χ2v) is 5.77. The maximum absolute atomic E-state index is 14.6. The number of benzene rings is 2. The summed E-state index contributed by atoms with van der Waals surface area (Å²) in [6.45, 7) is -0.157. The van der Waals surface area contributed by atoms with E-state index in [4.69, 9.17) is 5.11 Å². The number of hydrogen-bond acceptors (Lipinski definition) is 3. The first kappa shape index (κ1) is 17.2. The highest BCUT2D eigenvalue weighted by Gasteiger charge is 2.41. The molecule has 0 spiro atoms. The standard InChI is InChI=1S/C18H14F3NO3/c1-10(11-7-4-8-14(15(11)19)18(20,21)9-23)22-16(24)12-5-2-3-6-13(12)17(22)25/h2-8,10,23H,9H2,1H3/t10-/m1/s1. The second kappa shape index (κ2) is 6.00. The Bertz CT molecular complexity index is 831. The summed E-state index contributed by atoms with van der Waals surface area (Å²) in [6, 6.07) is 8.38. The van der Waals surface area contributed by atoms with Crippen molar-refractivity contribution in [2.45, 2.75) is 18.9 Å². The van der Waals surface area contributed by atoms with Crippen molar-refractivity contribution in [1.29, 1.82) is 0 Å². The summed E-state index contributed by atoms with van der Waals surface area (Å²) in [5.41, 5.74) is -0.815. The van der Waals surface area contributed by atoms with E-state index in [1.165, 1.54) is 31.2 Å². The zero-order valence-corrected chi connectivity index (χ0v) is 13.2. The van der Waals surface area contributed by atoms with Crippen molar-refractivity contribution in [3.05, 3.63) is 70.5 Å². The summed E-state index contributed by atoms with van der Waals surface area (Å²) in [5.74, 6) is -6.22. The molecule has 2 amide bonds. The first-order valence-corrected chi connectivity index (χ1v) is 7.54. The fraction of sp³-hybridized carbons (Fsp3) is 0.222. The molecule has 2 aromatic rings. The van der Waals surface area contributed by atoms with Crippen molar-refractivity contribution < 1.29 is 27.9 Å². The molecule has 130 valence electrons. The normalized spacial score (nSPS) is 15.5. The third kappa shape index (κ3) is 2.60. The smallest absolute Gasteiger partial charge is 0.298 e. The predicted octanol–water partition coefficient (Wildman–Crippen LogP) is 3.27. The first-order valence-electron chi connectivity index (χ1n) is 7.54. The van der Waals surface area contributed by atoms with Gasteiger partial charge in [-0.3, -0.25) is 14.5 Å².